The summed E-state index contributed by atoms with van der Waals surface area (Å²) < 4.78 is 22.5. The zero-order valence-electron chi connectivity index (χ0n) is 15.8. The van der Waals surface area contributed by atoms with E-state index in [9.17, 15) is 9.13 Å². The average Bonchev–Trinajstić information content (AvgIpc) is 2.50. The van der Waals surface area contributed by atoms with Gasteiger partial charge in [0.2, 0.25) is 0 Å². The van der Waals surface area contributed by atoms with Crippen LogP contribution in [0.25, 0.3) is 12.2 Å². The smallest absolute Gasteiger partial charge is 0.324 e. The normalized spacial score (nSPS) is 13.4. The van der Waals surface area contributed by atoms with Crippen LogP contribution in [0.15, 0.2) is 47.6 Å². The van der Waals surface area contributed by atoms with Crippen molar-refractivity contribution in [1.29, 1.82) is 0 Å². The minimum Gasteiger partial charge on any atom is -0.324 e. The highest BCUT2D eigenvalue weighted by molar-refractivity contribution is 7.70. The van der Waals surface area contributed by atoms with Gasteiger partial charge in [-0.25, -0.2) is 0 Å². The van der Waals surface area contributed by atoms with Gasteiger partial charge in [0, 0.05) is 0 Å². The molecule has 8 heteroatoms. The third kappa shape index (κ3) is 9.48. The number of benzene rings is 1. The summed E-state index contributed by atoms with van der Waals surface area (Å²) in [4.78, 5) is 36.4. The Balaban J connectivity index is 2.74. The summed E-state index contributed by atoms with van der Waals surface area (Å²) in [7, 11) is -9.77. The fraction of sp³-hybridized carbons (Fsp3) is 0.368. The predicted molar refractivity (Wildman–Crippen MR) is 110 cm³/mol. The molecule has 1 aromatic carbocycles. The van der Waals surface area contributed by atoms with E-state index in [1.165, 1.54) is 17.2 Å². The Morgan fingerprint density at radius 2 is 1.48 bits per heavy atom. The zero-order valence-corrected chi connectivity index (χ0v) is 17.6. The van der Waals surface area contributed by atoms with Gasteiger partial charge in [0.15, 0.2) is 5.40 Å². The molecule has 1 aromatic rings. The van der Waals surface area contributed by atoms with Gasteiger partial charge < -0.3 is 19.6 Å². The van der Waals surface area contributed by atoms with E-state index in [-0.39, 0.29) is 0 Å². The van der Waals surface area contributed by atoms with Crippen molar-refractivity contribution in [1.82, 2.24) is 0 Å². The third-order valence-electron chi connectivity index (χ3n) is 3.87. The predicted octanol–water partition coefficient (Wildman–Crippen LogP) is 4.92. The van der Waals surface area contributed by atoms with Crippen molar-refractivity contribution >= 4 is 27.3 Å². The number of allylic oxidation sites excluding steroid dienone is 4. The maximum absolute atomic E-state index is 11.2. The Bertz CT molecular complexity index is 770. The van der Waals surface area contributed by atoms with Gasteiger partial charge in [-0.05, 0) is 51.2 Å². The van der Waals surface area contributed by atoms with Gasteiger partial charge in [-0.2, -0.15) is 0 Å². The molecule has 0 saturated heterocycles. The average molecular weight is 414 g/mol. The first-order valence-electron chi connectivity index (χ1n) is 8.57. The van der Waals surface area contributed by atoms with Crippen molar-refractivity contribution in [3.8, 4) is 0 Å². The Morgan fingerprint density at radius 3 is 1.96 bits per heavy atom. The quantitative estimate of drug-likeness (QED) is 0.337. The molecule has 0 aliphatic heterocycles. The molecule has 0 bridgehead atoms. The minimum atomic E-state index is -4.88. The maximum Gasteiger partial charge on any atom is 0.341 e. The topological polar surface area (TPSA) is 115 Å². The lowest BCUT2D eigenvalue weighted by Gasteiger charge is -2.17. The summed E-state index contributed by atoms with van der Waals surface area (Å²) in [5.41, 5.74) is 4.40. The van der Waals surface area contributed by atoms with E-state index in [2.05, 4.69) is 32.9 Å². The Labute approximate surface area is 160 Å². The third-order valence-corrected chi connectivity index (χ3v) is 7.65. The molecule has 0 amide bonds. The number of rotatable bonds is 9. The highest BCUT2D eigenvalue weighted by Crippen LogP contribution is 2.61. The van der Waals surface area contributed by atoms with Crippen molar-refractivity contribution in [2.45, 2.75) is 45.4 Å². The van der Waals surface area contributed by atoms with Crippen LogP contribution in [0.3, 0.4) is 0 Å². The lowest BCUT2D eigenvalue weighted by molar-refractivity contribution is 0.339. The van der Waals surface area contributed by atoms with Crippen LogP contribution in [0.1, 0.15) is 51.2 Å². The first-order valence-corrected chi connectivity index (χ1v) is 11.9. The largest absolute Gasteiger partial charge is 0.341 e. The van der Waals surface area contributed by atoms with Crippen molar-refractivity contribution in [3.05, 3.63) is 58.7 Å². The molecule has 150 valence electrons. The Hall–Kier alpha value is -1.26. The fourth-order valence-corrected chi connectivity index (χ4v) is 4.81. The maximum atomic E-state index is 11.2. The van der Waals surface area contributed by atoms with Gasteiger partial charge in [0.25, 0.3) is 0 Å². The van der Waals surface area contributed by atoms with E-state index in [0.29, 0.717) is 0 Å². The zero-order chi connectivity index (χ0) is 20.7. The summed E-state index contributed by atoms with van der Waals surface area (Å²) in [5, 5.41) is -2.01. The van der Waals surface area contributed by atoms with Crippen molar-refractivity contribution in [3.63, 3.8) is 0 Å². The van der Waals surface area contributed by atoms with Crippen LogP contribution in [-0.2, 0) is 9.13 Å². The molecule has 0 heterocycles. The molecule has 27 heavy (non-hydrogen) atoms. The molecule has 0 unspecified atom stereocenters. The number of hydrogen-bond acceptors (Lipinski definition) is 2. The molecular weight excluding hydrogens is 386 g/mol. The van der Waals surface area contributed by atoms with E-state index in [1.807, 2.05) is 24.3 Å². The second kappa shape index (κ2) is 10.3. The molecular formula is C19H28O6P2. The van der Waals surface area contributed by atoms with Crippen LogP contribution in [0.4, 0.5) is 0 Å². The lowest BCUT2D eigenvalue weighted by Crippen LogP contribution is -2.07. The first kappa shape index (κ1) is 23.8. The van der Waals surface area contributed by atoms with E-state index < -0.39 is 27.0 Å². The highest BCUT2D eigenvalue weighted by Gasteiger charge is 2.42. The van der Waals surface area contributed by atoms with Crippen LogP contribution >= 0.6 is 15.2 Å². The summed E-state index contributed by atoms with van der Waals surface area (Å²) in [6.07, 6.45) is 8.86. The summed E-state index contributed by atoms with van der Waals surface area (Å²) >= 11 is 0. The molecule has 0 saturated carbocycles. The van der Waals surface area contributed by atoms with E-state index in [4.69, 9.17) is 19.6 Å². The SMILES string of the molecule is CC(C)=CCCC(C)=Cc1ccc(C=CCC(P(=O)(O)O)P(=O)(O)O)cc1. The van der Waals surface area contributed by atoms with Crippen LogP contribution in [0.2, 0.25) is 0 Å². The summed E-state index contributed by atoms with van der Waals surface area (Å²) in [6, 6.07) is 7.53. The Morgan fingerprint density at radius 1 is 0.963 bits per heavy atom. The van der Waals surface area contributed by atoms with Gasteiger partial charge in [-0.1, -0.05) is 59.7 Å². The molecule has 0 aromatic heterocycles. The van der Waals surface area contributed by atoms with Gasteiger partial charge in [0.1, 0.15) is 0 Å². The van der Waals surface area contributed by atoms with Crippen molar-refractivity contribution in [2.75, 3.05) is 0 Å². The standard InChI is InChI=1S/C19H28O6P2/c1-15(2)6-4-7-16(3)14-18-12-10-17(11-13-18)8-5-9-19(26(20,21)22)27(23,24)25/h5-6,8,10-14,19H,4,7,9H2,1-3H3,(H2,20,21,22)(H2,23,24,25). The molecule has 0 spiro atoms. The first-order chi connectivity index (χ1) is 12.4. The molecule has 0 atom stereocenters. The minimum absolute atomic E-state index is 0.403. The second-order valence-corrected chi connectivity index (χ2v) is 10.8. The highest BCUT2D eigenvalue weighted by atomic mass is 31.2. The monoisotopic (exact) mass is 414 g/mol. The van der Waals surface area contributed by atoms with E-state index >= 15 is 0 Å². The van der Waals surface area contributed by atoms with Crippen LogP contribution in [0, 0.1) is 0 Å². The van der Waals surface area contributed by atoms with Crippen molar-refractivity contribution < 1.29 is 28.7 Å². The van der Waals surface area contributed by atoms with Gasteiger partial charge >= 0.3 is 15.2 Å². The van der Waals surface area contributed by atoms with Crippen molar-refractivity contribution in [2.24, 2.45) is 0 Å². The van der Waals surface area contributed by atoms with E-state index in [1.54, 1.807) is 6.08 Å². The molecule has 0 fully saturated rings. The molecule has 4 N–H and O–H groups in total. The fourth-order valence-electron chi connectivity index (χ4n) is 2.44. The molecule has 0 aliphatic rings. The van der Waals surface area contributed by atoms with Gasteiger partial charge in [0.05, 0.1) is 0 Å². The molecule has 0 radical (unpaired) electrons. The number of hydrogen-bond donors (Lipinski definition) is 4. The van der Waals surface area contributed by atoms with Crippen LogP contribution in [-0.4, -0.2) is 25.0 Å². The van der Waals surface area contributed by atoms with Crippen LogP contribution in [0.5, 0.6) is 0 Å². The molecule has 1 rings (SSSR count). The Kier molecular flexibility index (Phi) is 9.10. The van der Waals surface area contributed by atoms with Gasteiger partial charge in [-0.3, -0.25) is 9.13 Å². The molecule has 6 nitrogen and oxygen atoms in total. The van der Waals surface area contributed by atoms with Gasteiger partial charge in [-0.15, -0.1) is 0 Å². The van der Waals surface area contributed by atoms with E-state index in [0.717, 1.165) is 24.0 Å². The summed E-state index contributed by atoms with van der Waals surface area (Å²) in [5.74, 6) is 0. The molecule has 0 aliphatic carbocycles. The lowest BCUT2D eigenvalue weighted by atomic mass is 10.1. The van der Waals surface area contributed by atoms with Crippen LogP contribution < -0.4 is 0 Å². The summed E-state index contributed by atoms with van der Waals surface area (Å²) in [6.45, 7) is 6.23. The second-order valence-electron chi connectivity index (χ2n) is 6.77.